The Morgan fingerprint density at radius 2 is 1.60 bits per heavy atom. The molecule has 5 rings (SSSR count). The topological polar surface area (TPSA) is 144 Å². The summed E-state index contributed by atoms with van der Waals surface area (Å²) >= 11 is 2.08. The number of aromatic nitrogens is 3. The molecule has 14 heteroatoms. The molecular weight excluding hydrogens is 757 g/mol. The Labute approximate surface area is 303 Å². The standard InChI is InChI=1S/C36H40IN5O8/c1-21-8-12-23(13-9-21)32(44)47-18-27-26(50-33(45)24-14-10-22(2)11-15-24)16-28(49-27)41-17-25(37)29-30(41)31(43)42(20-48-34(46)36(3,4)5)35(39-29)38-19-40(6)7/h8-15,17,19,26-28H,16,18,20H2,1-7H3/b38-19+/t26-,27+,28-/m0/s1. The maximum absolute atomic E-state index is 14.2. The summed E-state index contributed by atoms with van der Waals surface area (Å²) in [5, 5.41) is 0. The Balaban J connectivity index is 1.49. The number of hydrogen-bond acceptors (Lipinski definition) is 10. The van der Waals surface area contributed by atoms with Gasteiger partial charge in [0.25, 0.3) is 5.56 Å². The van der Waals surface area contributed by atoms with Crippen molar-refractivity contribution in [2.24, 2.45) is 10.4 Å². The number of halogens is 1. The number of rotatable bonds is 10. The van der Waals surface area contributed by atoms with E-state index in [0.717, 1.165) is 11.1 Å². The van der Waals surface area contributed by atoms with Crippen molar-refractivity contribution < 1.29 is 33.3 Å². The van der Waals surface area contributed by atoms with E-state index in [0.29, 0.717) is 20.2 Å². The molecule has 0 N–H and O–H groups in total. The van der Waals surface area contributed by atoms with Gasteiger partial charge >= 0.3 is 17.9 Å². The first-order chi connectivity index (χ1) is 23.6. The largest absolute Gasteiger partial charge is 0.459 e. The average Bonchev–Trinajstić information content (AvgIpc) is 3.62. The summed E-state index contributed by atoms with van der Waals surface area (Å²) in [7, 11) is 3.55. The first-order valence-electron chi connectivity index (χ1n) is 16.0. The number of hydrogen-bond donors (Lipinski definition) is 0. The molecule has 1 aliphatic heterocycles. The third kappa shape index (κ3) is 8.41. The predicted octanol–water partition coefficient (Wildman–Crippen LogP) is 5.56. The van der Waals surface area contributed by atoms with Crippen LogP contribution in [0, 0.1) is 22.8 Å². The molecule has 0 radical (unpaired) electrons. The number of fused-ring (bicyclic) bond motifs is 1. The number of esters is 3. The van der Waals surface area contributed by atoms with Gasteiger partial charge in [-0.15, -0.1) is 0 Å². The van der Waals surface area contributed by atoms with E-state index in [2.05, 4.69) is 32.6 Å². The van der Waals surface area contributed by atoms with Crippen LogP contribution in [-0.4, -0.2) is 76.2 Å². The van der Waals surface area contributed by atoms with Gasteiger partial charge in [0.15, 0.2) is 6.73 Å². The zero-order valence-electron chi connectivity index (χ0n) is 29.0. The molecule has 264 valence electrons. The van der Waals surface area contributed by atoms with Crippen molar-refractivity contribution in [2.45, 2.75) is 66.2 Å². The normalized spacial score (nSPS) is 17.6. The quantitative estimate of drug-likeness (QED) is 0.0659. The van der Waals surface area contributed by atoms with Gasteiger partial charge < -0.3 is 28.4 Å². The fourth-order valence-electron chi connectivity index (χ4n) is 5.10. The first kappa shape index (κ1) is 36.7. The van der Waals surface area contributed by atoms with Gasteiger partial charge in [-0.2, -0.15) is 0 Å². The molecule has 3 atom stereocenters. The Bertz CT molecular complexity index is 1980. The summed E-state index contributed by atoms with van der Waals surface area (Å²) in [4.78, 5) is 63.8. The van der Waals surface area contributed by atoms with Crippen LogP contribution in [0.4, 0.5) is 5.95 Å². The van der Waals surface area contributed by atoms with Crippen LogP contribution in [0.2, 0.25) is 0 Å². The van der Waals surface area contributed by atoms with Crippen molar-refractivity contribution in [3.63, 3.8) is 0 Å². The number of carbonyl (C=O) groups excluding carboxylic acids is 3. The van der Waals surface area contributed by atoms with Crippen LogP contribution in [0.1, 0.15) is 65.3 Å². The van der Waals surface area contributed by atoms with Crippen LogP contribution in [0.3, 0.4) is 0 Å². The van der Waals surface area contributed by atoms with Crippen molar-refractivity contribution >= 4 is 63.8 Å². The maximum atomic E-state index is 14.2. The van der Waals surface area contributed by atoms with Gasteiger partial charge in [0.05, 0.1) is 26.5 Å². The van der Waals surface area contributed by atoms with Crippen LogP contribution in [0.5, 0.6) is 0 Å². The van der Waals surface area contributed by atoms with E-state index in [9.17, 15) is 19.2 Å². The molecule has 2 aromatic heterocycles. The van der Waals surface area contributed by atoms with Crippen LogP contribution in [0.15, 0.2) is 64.5 Å². The van der Waals surface area contributed by atoms with Gasteiger partial charge in [0.2, 0.25) is 5.95 Å². The summed E-state index contributed by atoms with van der Waals surface area (Å²) in [5.74, 6) is -1.57. The highest BCUT2D eigenvalue weighted by Gasteiger charge is 2.41. The molecule has 1 aliphatic rings. The lowest BCUT2D eigenvalue weighted by atomic mass is 9.98. The number of benzene rings is 2. The minimum atomic E-state index is -0.856. The van der Waals surface area contributed by atoms with Gasteiger partial charge in [-0.05, 0) is 81.5 Å². The Morgan fingerprint density at radius 1 is 1.00 bits per heavy atom. The van der Waals surface area contributed by atoms with Crippen molar-refractivity contribution in [1.29, 1.82) is 0 Å². The van der Waals surface area contributed by atoms with E-state index < -0.39 is 54.0 Å². The highest BCUT2D eigenvalue weighted by Crippen LogP contribution is 2.35. The third-order valence-corrected chi connectivity index (χ3v) is 8.70. The maximum Gasteiger partial charge on any atom is 0.338 e. The Kier molecular flexibility index (Phi) is 11.1. The van der Waals surface area contributed by atoms with E-state index in [1.54, 1.807) is 74.8 Å². The summed E-state index contributed by atoms with van der Waals surface area (Å²) in [6.45, 7) is 8.35. The second-order valence-corrected chi connectivity index (χ2v) is 14.5. The molecule has 0 unspecified atom stereocenters. The number of ether oxygens (including phenoxy) is 4. The minimum Gasteiger partial charge on any atom is -0.459 e. The first-order valence-corrected chi connectivity index (χ1v) is 17.1. The molecule has 13 nitrogen and oxygen atoms in total. The van der Waals surface area contributed by atoms with E-state index >= 15 is 0 Å². The fourth-order valence-corrected chi connectivity index (χ4v) is 5.78. The summed E-state index contributed by atoms with van der Waals surface area (Å²) < 4.78 is 26.9. The Hall–Kier alpha value is -4.57. The second kappa shape index (κ2) is 15.1. The molecule has 0 amide bonds. The molecule has 1 fully saturated rings. The molecule has 0 bridgehead atoms. The molecule has 50 heavy (non-hydrogen) atoms. The number of aliphatic imine (C=N–C) groups is 1. The summed E-state index contributed by atoms with van der Waals surface area (Å²) in [6.07, 6.45) is 0.858. The highest BCUT2D eigenvalue weighted by molar-refractivity contribution is 14.1. The Morgan fingerprint density at radius 3 is 2.18 bits per heavy atom. The van der Waals surface area contributed by atoms with Crippen molar-refractivity contribution in [1.82, 2.24) is 19.0 Å². The molecule has 2 aromatic carbocycles. The van der Waals surface area contributed by atoms with Crippen molar-refractivity contribution in [3.8, 4) is 0 Å². The molecular formula is C36H40IN5O8. The van der Waals surface area contributed by atoms with Crippen molar-refractivity contribution in [2.75, 3.05) is 20.7 Å². The smallest absolute Gasteiger partial charge is 0.338 e. The molecule has 0 aliphatic carbocycles. The van der Waals surface area contributed by atoms with E-state index in [1.807, 2.05) is 38.1 Å². The monoisotopic (exact) mass is 797 g/mol. The lowest BCUT2D eigenvalue weighted by Gasteiger charge is -2.19. The number of carbonyl (C=O) groups is 3. The highest BCUT2D eigenvalue weighted by atomic mass is 127. The van der Waals surface area contributed by atoms with E-state index in [-0.39, 0.29) is 24.5 Å². The molecule has 0 spiro atoms. The number of aryl methyl sites for hydroxylation is 2. The van der Waals surface area contributed by atoms with Gasteiger partial charge in [0, 0.05) is 26.7 Å². The lowest BCUT2D eigenvalue weighted by molar-refractivity contribution is -0.157. The average molecular weight is 798 g/mol. The zero-order chi connectivity index (χ0) is 36.3. The van der Waals surface area contributed by atoms with Crippen LogP contribution >= 0.6 is 22.6 Å². The molecule has 4 aromatic rings. The minimum absolute atomic E-state index is 0.0479. The van der Waals surface area contributed by atoms with Crippen LogP contribution in [0.25, 0.3) is 11.0 Å². The van der Waals surface area contributed by atoms with Gasteiger partial charge in [-0.3, -0.25) is 9.59 Å². The third-order valence-electron chi connectivity index (χ3n) is 7.91. The zero-order valence-corrected chi connectivity index (χ0v) is 31.2. The SMILES string of the molecule is Cc1ccc(C(=O)OC[C@H]2O[C@H](n3cc(I)c4nc(/N=C/N(C)C)n(COC(=O)C(C)(C)C)c(=O)c43)C[C@@H]2OC(=O)c2ccc(C)cc2)cc1. The van der Waals surface area contributed by atoms with Gasteiger partial charge in [0.1, 0.15) is 36.1 Å². The van der Waals surface area contributed by atoms with Crippen molar-refractivity contribution in [3.05, 3.63) is 90.9 Å². The van der Waals surface area contributed by atoms with Gasteiger partial charge in [-0.1, -0.05) is 35.4 Å². The fraction of sp³-hybridized carbons (Fsp3) is 0.389. The van der Waals surface area contributed by atoms with Gasteiger partial charge in [-0.25, -0.2) is 24.1 Å². The number of nitrogens with zero attached hydrogens (tertiary/aromatic N) is 5. The molecule has 1 saturated heterocycles. The molecule has 0 saturated carbocycles. The second-order valence-electron chi connectivity index (χ2n) is 13.4. The molecule has 3 heterocycles. The summed E-state index contributed by atoms with van der Waals surface area (Å²) in [6, 6.07) is 13.9. The van der Waals surface area contributed by atoms with E-state index in [4.69, 9.17) is 18.9 Å². The lowest BCUT2D eigenvalue weighted by Crippen LogP contribution is -2.32. The predicted molar refractivity (Wildman–Crippen MR) is 194 cm³/mol. The van der Waals surface area contributed by atoms with Crippen LogP contribution in [-0.2, 0) is 30.5 Å². The van der Waals surface area contributed by atoms with Crippen LogP contribution < -0.4 is 5.56 Å². The van der Waals surface area contributed by atoms with E-state index in [1.165, 1.54) is 10.9 Å². The summed E-state index contributed by atoms with van der Waals surface area (Å²) in [5.41, 5.74) is 1.94.